The van der Waals surface area contributed by atoms with Gasteiger partial charge >= 0.3 is 0 Å². The number of hydrogen-bond acceptors (Lipinski definition) is 5. The highest BCUT2D eigenvalue weighted by Crippen LogP contribution is 2.36. The molecule has 31 heavy (non-hydrogen) atoms. The van der Waals surface area contributed by atoms with Crippen LogP contribution in [0.2, 0.25) is 0 Å². The van der Waals surface area contributed by atoms with E-state index in [1.54, 1.807) is 30.5 Å². The van der Waals surface area contributed by atoms with Gasteiger partial charge < -0.3 is 9.26 Å². The van der Waals surface area contributed by atoms with Gasteiger partial charge in [0.1, 0.15) is 17.4 Å². The van der Waals surface area contributed by atoms with Crippen LogP contribution in [0.25, 0.3) is 11.5 Å². The lowest BCUT2D eigenvalue weighted by atomic mass is 9.93. The first-order chi connectivity index (χ1) is 15.2. The highest BCUT2D eigenvalue weighted by atomic mass is 19.1. The standard InChI is InChI=1S/C24H17F2N3O2/c25-18-9-5-15(6-10-18)14-27-24-20(13-17-3-1-2-4-21(17)30-24)22-28-23(31-29-22)16-7-11-19(26)12-8-16/h1-12,14,20,24H,13H2. The van der Waals surface area contributed by atoms with E-state index in [1.807, 2.05) is 24.3 Å². The first-order valence-corrected chi connectivity index (χ1v) is 9.78. The van der Waals surface area contributed by atoms with E-state index in [9.17, 15) is 8.78 Å². The average molecular weight is 417 g/mol. The minimum atomic E-state index is -0.585. The summed E-state index contributed by atoms with van der Waals surface area (Å²) in [6, 6.07) is 19.6. The van der Waals surface area contributed by atoms with Crippen LogP contribution in [0.5, 0.6) is 5.75 Å². The molecule has 2 atom stereocenters. The van der Waals surface area contributed by atoms with Gasteiger partial charge in [-0.25, -0.2) is 13.8 Å². The third-order valence-electron chi connectivity index (χ3n) is 5.11. The molecule has 154 valence electrons. The van der Waals surface area contributed by atoms with E-state index in [0.29, 0.717) is 23.7 Å². The van der Waals surface area contributed by atoms with Gasteiger partial charge in [0, 0.05) is 11.8 Å². The molecule has 0 saturated carbocycles. The van der Waals surface area contributed by atoms with Crippen molar-refractivity contribution in [1.29, 1.82) is 0 Å². The van der Waals surface area contributed by atoms with Gasteiger partial charge in [-0.05, 0) is 60.0 Å². The summed E-state index contributed by atoms with van der Waals surface area (Å²) in [6.07, 6.45) is 1.68. The predicted octanol–water partition coefficient (Wildman–Crippen LogP) is 5.18. The fourth-order valence-corrected chi connectivity index (χ4v) is 3.49. The zero-order valence-electron chi connectivity index (χ0n) is 16.3. The smallest absolute Gasteiger partial charge is 0.257 e. The van der Waals surface area contributed by atoms with Crippen LogP contribution in [0.15, 0.2) is 82.3 Å². The van der Waals surface area contributed by atoms with E-state index in [4.69, 9.17) is 9.26 Å². The van der Waals surface area contributed by atoms with E-state index in [1.165, 1.54) is 24.3 Å². The van der Waals surface area contributed by atoms with Crippen molar-refractivity contribution in [3.05, 3.63) is 101 Å². The highest BCUT2D eigenvalue weighted by Gasteiger charge is 2.34. The lowest BCUT2D eigenvalue weighted by molar-refractivity contribution is 0.153. The normalized spacial score (nSPS) is 18.0. The Morgan fingerprint density at radius 1 is 0.903 bits per heavy atom. The number of halogens is 2. The first-order valence-electron chi connectivity index (χ1n) is 9.78. The van der Waals surface area contributed by atoms with Crippen LogP contribution < -0.4 is 4.74 Å². The number of fused-ring (bicyclic) bond motifs is 1. The molecule has 2 heterocycles. The summed E-state index contributed by atoms with van der Waals surface area (Å²) in [7, 11) is 0. The van der Waals surface area contributed by atoms with E-state index in [-0.39, 0.29) is 17.6 Å². The Labute approximate surface area is 177 Å². The topological polar surface area (TPSA) is 60.5 Å². The third-order valence-corrected chi connectivity index (χ3v) is 5.11. The number of aromatic nitrogens is 2. The summed E-state index contributed by atoms with van der Waals surface area (Å²) >= 11 is 0. The molecule has 7 heteroatoms. The number of rotatable bonds is 4. The van der Waals surface area contributed by atoms with Gasteiger partial charge in [-0.1, -0.05) is 35.5 Å². The fraction of sp³-hybridized carbons (Fsp3) is 0.125. The minimum absolute atomic E-state index is 0.287. The van der Waals surface area contributed by atoms with Gasteiger partial charge in [-0.2, -0.15) is 4.98 Å². The Bertz CT molecular complexity index is 1220. The molecule has 0 aliphatic carbocycles. The largest absolute Gasteiger partial charge is 0.468 e. The van der Waals surface area contributed by atoms with Crippen molar-refractivity contribution in [2.24, 2.45) is 4.99 Å². The molecule has 0 amide bonds. The molecule has 3 aromatic carbocycles. The molecule has 1 aliphatic rings. The van der Waals surface area contributed by atoms with Crippen LogP contribution in [-0.2, 0) is 6.42 Å². The molecule has 0 N–H and O–H groups in total. The van der Waals surface area contributed by atoms with Crippen molar-refractivity contribution in [3.8, 4) is 17.2 Å². The number of benzene rings is 3. The molecule has 5 rings (SSSR count). The molecule has 1 aromatic heterocycles. The molecule has 0 saturated heterocycles. The van der Waals surface area contributed by atoms with Crippen molar-refractivity contribution in [3.63, 3.8) is 0 Å². The van der Waals surface area contributed by atoms with Gasteiger partial charge in [-0.15, -0.1) is 0 Å². The Kier molecular flexibility index (Phi) is 5.00. The number of nitrogens with zero attached hydrogens (tertiary/aromatic N) is 3. The van der Waals surface area contributed by atoms with Crippen molar-refractivity contribution < 1.29 is 18.0 Å². The zero-order chi connectivity index (χ0) is 21.2. The molecule has 0 radical (unpaired) electrons. The number of para-hydroxylation sites is 1. The zero-order valence-corrected chi connectivity index (χ0v) is 16.3. The molecule has 1 aliphatic heterocycles. The number of hydrogen-bond donors (Lipinski definition) is 0. The molecule has 5 nitrogen and oxygen atoms in total. The van der Waals surface area contributed by atoms with Crippen LogP contribution in [0.1, 0.15) is 22.9 Å². The number of aliphatic imine (C=N–C) groups is 1. The lowest BCUT2D eigenvalue weighted by Crippen LogP contribution is -2.30. The van der Waals surface area contributed by atoms with Gasteiger partial charge in [0.2, 0.25) is 0 Å². The van der Waals surface area contributed by atoms with Gasteiger partial charge in [0.05, 0.1) is 5.92 Å². The molecular formula is C24H17F2N3O2. The molecule has 4 aromatic rings. The van der Waals surface area contributed by atoms with Crippen molar-refractivity contribution in [1.82, 2.24) is 10.1 Å². The molecule has 0 bridgehead atoms. The van der Waals surface area contributed by atoms with Crippen molar-refractivity contribution >= 4 is 6.21 Å². The van der Waals surface area contributed by atoms with Gasteiger partial charge in [0.15, 0.2) is 12.1 Å². The Hall–Kier alpha value is -3.87. The van der Waals surface area contributed by atoms with E-state index in [0.717, 1.165) is 16.9 Å². The molecular weight excluding hydrogens is 400 g/mol. The van der Waals surface area contributed by atoms with Crippen LogP contribution in [0, 0.1) is 11.6 Å². The van der Waals surface area contributed by atoms with Crippen LogP contribution in [0.3, 0.4) is 0 Å². The number of ether oxygens (including phenoxy) is 1. The fourth-order valence-electron chi connectivity index (χ4n) is 3.49. The SMILES string of the molecule is Fc1ccc(C=NC2Oc3ccccc3CC2c2noc(-c3ccc(F)cc3)n2)cc1. The monoisotopic (exact) mass is 417 g/mol. The summed E-state index contributed by atoms with van der Waals surface area (Å²) < 4.78 is 38.0. The summed E-state index contributed by atoms with van der Waals surface area (Å²) in [5.74, 6) is 0.575. The van der Waals surface area contributed by atoms with Gasteiger partial charge in [-0.3, -0.25) is 0 Å². The third kappa shape index (κ3) is 4.07. The second-order valence-electron chi connectivity index (χ2n) is 7.22. The summed E-state index contributed by atoms with van der Waals surface area (Å²) in [4.78, 5) is 9.11. The van der Waals surface area contributed by atoms with Crippen LogP contribution >= 0.6 is 0 Å². The average Bonchev–Trinajstić information content (AvgIpc) is 3.29. The highest BCUT2D eigenvalue weighted by molar-refractivity contribution is 5.79. The van der Waals surface area contributed by atoms with Crippen molar-refractivity contribution in [2.45, 2.75) is 18.6 Å². The van der Waals surface area contributed by atoms with Crippen LogP contribution in [0.4, 0.5) is 8.78 Å². The van der Waals surface area contributed by atoms with E-state index < -0.39 is 6.23 Å². The maximum atomic E-state index is 13.2. The summed E-state index contributed by atoms with van der Waals surface area (Å²) in [5, 5.41) is 4.15. The van der Waals surface area contributed by atoms with E-state index >= 15 is 0 Å². The predicted molar refractivity (Wildman–Crippen MR) is 111 cm³/mol. The maximum Gasteiger partial charge on any atom is 0.257 e. The lowest BCUT2D eigenvalue weighted by Gasteiger charge is -2.29. The second-order valence-corrected chi connectivity index (χ2v) is 7.22. The molecule has 2 unspecified atom stereocenters. The summed E-state index contributed by atoms with van der Waals surface area (Å²) in [5.41, 5.74) is 2.40. The van der Waals surface area contributed by atoms with Crippen molar-refractivity contribution in [2.75, 3.05) is 0 Å². The quantitative estimate of drug-likeness (QED) is 0.430. The minimum Gasteiger partial charge on any atom is -0.468 e. The molecule has 0 spiro atoms. The maximum absolute atomic E-state index is 13.2. The summed E-state index contributed by atoms with van der Waals surface area (Å²) in [6.45, 7) is 0. The van der Waals surface area contributed by atoms with Crippen LogP contribution in [-0.4, -0.2) is 22.6 Å². The second kappa shape index (κ2) is 8.10. The Morgan fingerprint density at radius 3 is 2.39 bits per heavy atom. The Balaban J connectivity index is 1.47. The van der Waals surface area contributed by atoms with Gasteiger partial charge in [0.25, 0.3) is 5.89 Å². The Morgan fingerprint density at radius 2 is 1.61 bits per heavy atom. The first kappa shape index (κ1) is 19.1. The molecule has 0 fully saturated rings. The van der Waals surface area contributed by atoms with E-state index in [2.05, 4.69) is 15.1 Å².